The Bertz CT molecular complexity index is 1070. The lowest BCUT2D eigenvalue weighted by Gasteiger charge is -2.32. The molecule has 0 unspecified atom stereocenters. The van der Waals surface area contributed by atoms with Gasteiger partial charge in [0.05, 0.1) is 4.90 Å². The van der Waals surface area contributed by atoms with Crippen molar-refractivity contribution in [1.82, 2.24) is 14.2 Å². The van der Waals surface area contributed by atoms with E-state index in [2.05, 4.69) is 4.72 Å². The highest BCUT2D eigenvalue weighted by molar-refractivity contribution is 7.89. The number of carbonyl (C=O) groups is 1. The Morgan fingerprint density at radius 2 is 1.93 bits per heavy atom. The summed E-state index contributed by atoms with van der Waals surface area (Å²) < 4.78 is 42.2. The van der Waals surface area contributed by atoms with Crippen molar-refractivity contribution < 1.29 is 17.6 Å². The van der Waals surface area contributed by atoms with Crippen LogP contribution in [0.4, 0.5) is 4.39 Å². The van der Waals surface area contributed by atoms with Crippen molar-refractivity contribution in [3.05, 3.63) is 63.8 Å². The first-order chi connectivity index (χ1) is 13.7. The van der Waals surface area contributed by atoms with Crippen LogP contribution in [0.25, 0.3) is 0 Å². The second kappa shape index (κ2) is 8.46. The summed E-state index contributed by atoms with van der Waals surface area (Å²) in [5.41, 5.74) is 0.0783. The lowest BCUT2D eigenvalue weighted by Crippen LogP contribution is -2.43. The first kappa shape index (κ1) is 21.2. The van der Waals surface area contributed by atoms with Gasteiger partial charge >= 0.3 is 0 Å². The number of aromatic nitrogens is 1. The summed E-state index contributed by atoms with van der Waals surface area (Å²) in [4.78, 5) is 26.4. The van der Waals surface area contributed by atoms with Gasteiger partial charge in [-0.3, -0.25) is 9.59 Å². The van der Waals surface area contributed by atoms with Crippen molar-refractivity contribution in [3.8, 4) is 0 Å². The zero-order chi connectivity index (χ0) is 21.2. The van der Waals surface area contributed by atoms with Gasteiger partial charge in [0.15, 0.2) is 0 Å². The van der Waals surface area contributed by atoms with Gasteiger partial charge in [0.25, 0.3) is 11.5 Å². The van der Waals surface area contributed by atoms with Crippen LogP contribution in [0.2, 0.25) is 0 Å². The summed E-state index contributed by atoms with van der Waals surface area (Å²) in [6.07, 6.45) is 2.85. The van der Waals surface area contributed by atoms with Gasteiger partial charge in [-0.25, -0.2) is 17.5 Å². The number of aryl methyl sites for hydroxylation is 2. The van der Waals surface area contributed by atoms with E-state index in [9.17, 15) is 22.4 Å². The zero-order valence-electron chi connectivity index (χ0n) is 16.4. The van der Waals surface area contributed by atoms with Gasteiger partial charge in [-0.1, -0.05) is 0 Å². The predicted molar refractivity (Wildman–Crippen MR) is 107 cm³/mol. The number of carbonyl (C=O) groups excluding carboxylic acids is 1. The SMILES string of the molecule is Cc1cc(S(=O)(=O)NCC2CCN(C(=O)c3cccn(C)c3=O)CC2)ccc1F. The second-order valence-electron chi connectivity index (χ2n) is 7.34. The molecule has 1 aliphatic heterocycles. The third kappa shape index (κ3) is 4.73. The highest BCUT2D eigenvalue weighted by Gasteiger charge is 2.26. The number of rotatable bonds is 5. The fourth-order valence-electron chi connectivity index (χ4n) is 3.37. The molecule has 1 amide bonds. The van der Waals surface area contributed by atoms with E-state index in [1.54, 1.807) is 24.2 Å². The molecule has 9 heteroatoms. The summed E-state index contributed by atoms with van der Waals surface area (Å²) in [5, 5.41) is 0. The third-order valence-corrected chi connectivity index (χ3v) is 6.68. The summed E-state index contributed by atoms with van der Waals surface area (Å²) in [6, 6.07) is 6.87. The van der Waals surface area contributed by atoms with Crippen LogP contribution in [-0.4, -0.2) is 43.4 Å². The van der Waals surface area contributed by atoms with Crippen molar-refractivity contribution in [2.45, 2.75) is 24.7 Å². The maximum atomic E-state index is 13.4. The van der Waals surface area contributed by atoms with Crippen LogP contribution >= 0.6 is 0 Å². The van der Waals surface area contributed by atoms with E-state index >= 15 is 0 Å². The minimum atomic E-state index is -3.72. The van der Waals surface area contributed by atoms with Crippen LogP contribution < -0.4 is 10.3 Å². The average Bonchev–Trinajstić information content (AvgIpc) is 2.70. The molecule has 1 N–H and O–H groups in total. The fraction of sp³-hybridized carbons (Fsp3) is 0.400. The molecule has 29 heavy (non-hydrogen) atoms. The number of sulfonamides is 1. The Morgan fingerprint density at radius 3 is 2.59 bits per heavy atom. The molecule has 0 aliphatic carbocycles. The van der Waals surface area contributed by atoms with E-state index in [1.807, 2.05) is 0 Å². The van der Waals surface area contributed by atoms with Gasteiger partial charge < -0.3 is 9.47 Å². The number of piperidine rings is 1. The molecule has 0 saturated carbocycles. The van der Waals surface area contributed by atoms with Crippen LogP contribution in [0.5, 0.6) is 0 Å². The highest BCUT2D eigenvalue weighted by atomic mass is 32.2. The highest BCUT2D eigenvalue weighted by Crippen LogP contribution is 2.19. The van der Waals surface area contributed by atoms with Crippen molar-refractivity contribution in [3.63, 3.8) is 0 Å². The first-order valence-corrected chi connectivity index (χ1v) is 10.9. The molecular weight excluding hydrogens is 397 g/mol. The maximum Gasteiger partial charge on any atom is 0.263 e. The van der Waals surface area contributed by atoms with Crippen LogP contribution in [0.1, 0.15) is 28.8 Å². The van der Waals surface area contributed by atoms with Gasteiger partial charge in [0, 0.05) is 32.9 Å². The Hall–Kier alpha value is -2.52. The third-order valence-electron chi connectivity index (χ3n) is 5.26. The fourth-order valence-corrected chi connectivity index (χ4v) is 4.57. The maximum absolute atomic E-state index is 13.4. The molecule has 7 nitrogen and oxygen atoms in total. The van der Waals surface area contributed by atoms with Crippen molar-refractivity contribution in [2.75, 3.05) is 19.6 Å². The van der Waals surface area contributed by atoms with Gasteiger partial charge in [-0.15, -0.1) is 0 Å². The van der Waals surface area contributed by atoms with E-state index in [-0.39, 0.29) is 40.0 Å². The number of amides is 1. The molecule has 0 radical (unpaired) electrons. The molecule has 1 aromatic carbocycles. The summed E-state index contributed by atoms with van der Waals surface area (Å²) in [5.74, 6) is -0.671. The smallest absolute Gasteiger partial charge is 0.263 e. The van der Waals surface area contributed by atoms with Gasteiger partial charge in [0.2, 0.25) is 10.0 Å². The van der Waals surface area contributed by atoms with Crippen LogP contribution in [-0.2, 0) is 17.1 Å². The number of hydrogen-bond donors (Lipinski definition) is 1. The molecule has 1 fully saturated rings. The molecule has 156 valence electrons. The van der Waals surface area contributed by atoms with Gasteiger partial charge in [0.1, 0.15) is 11.4 Å². The number of benzene rings is 1. The molecule has 1 saturated heterocycles. The van der Waals surface area contributed by atoms with Crippen molar-refractivity contribution >= 4 is 15.9 Å². The molecule has 0 atom stereocenters. The number of likely N-dealkylation sites (tertiary alicyclic amines) is 1. The Balaban J connectivity index is 1.57. The topological polar surface area (TPSA) is 88.5 Å². The lowest BCUT2D eigenvalue weighted by atomic mass is 9.97. The van der Waals surface area contributed by atoms with E-state index < -0.39 is 15.8 Å². The Labute approximate surface area is 169 Å². The van der Waals surface area contributed by atoms with E-state index in [0.29, 0.717) is 25.9 Å². The molecule has 3 rings (SSSR count). The summed E-state index contributed by atoms with van der Waals surface area (Å²) in [7, 11) is -2.13. The average molecular weight is 421 g/mol. The molecule has 2 heterocycles. The standard InChI is InChI=1S/C20H24FN3O4S/c1-14-12-16(5-6-18(14)21)29(27,28)22-13-15-7-10-24(11-8-15)20(26)17-4-3-9-23(2)19(17)25/h3-6,9,12,15,22H,7-8,10-11,13H2,1-2H3. The second-order valence-corrected chi connectivity index (χ2v) is 9.10. The summed E-state index contributed by atoms with van der Waals surface area (Å²) in [6.45, 7) is 2.67. The Kier molecular flexibility index (Phi) is 6.18. The quantitative estimate of drug-likeness (QED) is 0.795. The van der Waals surface area contributed by atoms with Crippen LogP contribution in [0.15, 0.2) is 46.2 Å². The number of halogens is 1. The van der Waals surface area contributed by atoms with E-state index in [0.717, 1.165) is 6.07 Å². The minimum absolute atomic E-state index is 0.0314. The monoisotopic (exact) mass is 421 g/mol. The molecule has 1 aliphatic rings. The van der Waals surface area contributed by atoms with Crippen LogP contribution in [0.3, 0.4) is 0 Å². The first-order valence-electron chi connectivity index (χ1n) is 9.40. The molecule has 1 aromatic heterocycles. The lowest BCUT2D eigenvalue weighted by molar-refractivity contribution is 0.0689. The molecule has 0 spiro atoms. The van der Waals surface area contributed by atoms with Crippen LogP contribution in [0, 0.1) is 18.7 Å². The van der Waals surface area contributed by atoms with E-state index in [1.165, 1.54) is 29.7 Å². The molecule has 2 aromatic rings. The van der Waals surface area contributed by atoms with Crippen molar-refractivity contribution in [1.29, 1.82) is 0 Å². The minimum Gasteiger partial charge on any atom is -0.338 e. The number of hydrogen-bond acceptors (Lipinski definition) is 4. The normalized spacial score (nSPS) is 15.5. The number of nitrogens with zero attached hydrogens (tertiary/aromatic N) is 2. The predicted octanol–water partition coefficient (Wildman–Crippen LogP) is 1.66. The van der Waals surface area contributed by atoms with E-state index in [4.69, 9.17) is 0 Å². The van der Waals surface area contributed by atoms with Gasteiger partial charge in [-0.2, -0.15) is 0 Å². The largest absolute Gasteiger partial charge is 0.338 e. The molecule has 0 bridgehead atoms. The molecular formula is C20H24FN3O4S. The zero-order valence-corrected chi connectivity index (χ0v) is 17.2. The van der Waals surface area contributed by atoms with Crippen molar-refractivity contribution in [2.24, 2.45) is 13.0 Å². The summed E-state index contributed by atoms with van der Waals surface area (Å²) >= 11 is 0. The number of pyridine rings is 1. The Morgan fingerprint density at radius 1 is 1.24 bits per heavy atom. The number of nitrogens with one attached hydrogen (secondary N) is 1. The van der Waals surface area contributed by atoms with Gasteiger partial charge in [-0.05, 0) is 61.6 Å².